The topological polar surface area (TPSA) is 43.8 Å². The molecule has 0 bridgehead atoms. The summed E-state index contributed by atoms with van der Waals surface area (Å²) in [5.74, 6) is 0. The molecule has 0 aliphatic rings. The van der Waals surface area contributed by atoms with Crippen LogP contribution in [0.15, 0.2) is 36.5 Å². The van der Waals surface area contributed by atoms with Gasteiger partial charge in [0, 0.05) is 11.9 Å². The first kappa shape index (κ1) is 9.77. The van der Waals surface area contributed by atoms with Crippen LogP contribution >= 0.6 is 0 Å². The van der Waals surface area contributed by atoms with Gasteiger partial charge in [0.2, 0.25) is 0 Å². The summed E-state index contributed by atoms with van der Waals surface area (Å²) in [6, 6.07) is 10.2. The molecule has 0 radical (unpaired) electrons. The van der Waals surface area contributed by atoms with E-state index in [1.54, 1.807) is 0 Å². The van der Waals surface area contributed by atoms with E-state index in [-0.39, 0.29) is 6.04 Å². The van der Waals surface area contributed by atoms with Crippen LogP contribution in [0, 0.1) is 6.92 Å². The molecule has 0 amide bonds. The molecule has 3 heteroatoms. The van der Waals surface area contributed by atoms with Crippen molar-refractivity contribution in [1.82, 2.24) is 9.78 Å². The minimum atomic E-state index is 0.249. The summed E-state index contributed by atoms with van der Waals surface area (Å²) in [6.07, 6.45) is 2.00. The normalized spacial score (nSPS) is 12.7. The molecule has 1 aromatic carbocycles. The lowest BCUT2D eigenvalue weighted by atomic mass is 10.1. The number of nitrogens with zero attached hydrogens (tertiary/aromatic N) is 2. The number of hydrogen-bond donors (Lipinski definition) is 1. The molecule has 2 aromatic rings. The molecule has 78 valence electrons. The lowest BCUT2D eigenvalue weighted by Crippen LogP contribution is -2.07. The second-order valence-corrected chi connectivity index (χ2v) is 3.78. The fourth-order valence-corrected chi connectivity index (χ4v) is 1.58. The summed E-state index contributed by atoms with van der Waals surface area (Å²) in [7, 11) is 0. The molecular weight excluding hydrogens is 186 g/mol. The number of aromatic nitrogens is 2. The van der Waals surface area contributed by atoms with Gasteiger partial charge in [-0.05, 0) is 37.6 Å². The lowest BCUT2D eigenvalue weighted by Gasteiger charge is -2.12. The van der Waals surface area contributed by atoms with E-state index >= 15 is 0 Å². The molecule has 0 aliphatic heterocycles. The molecule has 0 aliphatic carbocycles. The molecule has 2 N–H and O–H groups in total. The minimum absolute atomic E-state index is 0.249. The van der Waals surface area contributed by atoms with E-state index in [1.165, 1.54) is 5.56 Å². The van der Waals surface area contributed by atoms with E-state index < -0.39 is 0 Å². The molecule has 15 heavy (non-hydrogen) atoms. The molecule has 3 nitrogen and oxygen atoms in total. The highest BCUT2D eigenvalue weighted by molar-refractivity contribution is 5.40. The van der Waals surface area contributed by atoms with Crippen LogP contribution in [-0.2, 0) is 0 Å². The monoisotopic (exact) mass is 201 g/mol. The first-order valence-electron chi connectivity index (χ1n) is 5.04. The van der Waals surface area contributed by atoms with E-state index in [0.717, 1.165) is 11.4 Å². The third-order valence-electron chi connectivity index (χ3n) is 2.56. The smallest absolute Gasteiger partial charge is 0.0740 e. The molecule has 0 fully saturated rings. The van der Waals surface area contributed by atoms with Crippen LogP contribution in [0.3, 0.4) is 0 Å². The summed E-state index contributed by atoms with van der Waals surface area (Å²) in [6.45, 7) is 4.12. The van der Waals surface area contributed by atoms with E-state index in [1.807, 2.05) is 48.1 Å². The fourth-order valence-electron chi connectivity index (χ4n) is 1.58. The number of nitrogen functional groups attached to an aromatic ring is 1. The van der Waals surface area contributed by atoms with Crippen molar-refractivity contribution in [1.29, 1.82) is 0 Å². The number of rotatable bonds is 2. The molecule has 1 heterocycles. The Labute approximate surface area is 89.5 Å². The summed E-state index contributed by atoms with van der Waals surface area (Å²) in [4.78, 5) is 0. The number of hydrogen-bond acceptors (Lipinski definition) is 2. The molecule has 0 saturated heterocycles. The zero-order chi connectivity index (χ0) is 10.8. The highest BCUT2D eigenvalue weighted by atomic mass is 15.3. The first-order valence-corrected chi connectivity index (χ1v) is 5.04. The van der Waals surface area contributed by atoms with Gasteiger partial charge >= 0.3 is 0 Å². The summed E-state index contributed by atoms with van der Waals surface area (Å²) < 4.78 is 1.96. The van der Waals surface area contributed by atoms with Gasteiger partial charge in [0.05, 0.1) is 11.7 Å². The van der Waals surface area contributed by atoms with Crippen molar-refractivity contribution >= 4 is 5.69 Å². The molecule has 2 rings (SSSR count). The van der Waals surface area contributed by atoms with Crippen molar-refractivity contribution in [2.75, 3.05) is 5.73 Å². The molecule has 1 unspecified atom stereocenters. The van der Waals surface area contributed by atoms with Crippen molar-refractivity contribution in [2.24, 2.45) is 0 Å². The van der Waals surface area contributed by atoms with Crippen LogP contribution in [0.2, 0.25) is 0 Å². The van der Waals surface area contributed by atoms with Crippen molar-refractivity contribution < 1.29 is 0 Å². The summed E-state index contributed by atoms with van der Waals surface area (Å²) in [5, 5.41) is 4.39. The van der Waals surface area contributed by atoms with E-state index in [2.05, 4.69) is 12.0 Å². The first-order chi connectivity index (χ1) is 7.16. The van der Waals surface area contributed by atoms with Crippen molar-refractivity contribution in [3.8, 4) is 0 Å². The number of anilines is 1. The van der Waals surface area contributed by atoms with E-state index in [0.29, 0.717) is 0 Å². The summed E-state index contributed by atoms with van der Waals surface area (Å²) in [5.41, 5.74) is 8.70. The average Bonchev–Trinajstić information content (AvgIpc) is 2.65. The Balaban J connectivity index is 2.28. The van der Waals surface area contributed by atoms with Crippen molar-refractivity contribution in [3.63, 3.8) is 0 Å². The van der Waals surface area contributed by atoms with Crippen LogP contribution in [0.5, 0.6) is 0 Å². The molecule has 1 aromatic heterocycles. The van der Waals surface area contributed by atoms with Gasteiger partial charge in [0.15, 0.2) is 0 Å². The average molecular weight is 201 g/mol. The molecular formula is C12H15N3. The van der Waals surface area contributed by atoms with Gasteiger partial charge in [0.25, 0.3) is 0 Å². The fraction of sp³-hybridized carbons (Fsp3) is 0.250. The Kier molecular flexibility index (Phi) is 2.46. The van der Waals surface area contributed by atoms with Crippen LogP contribution in [0.4, 0.5) is 5.69 Å². The lowest BCUT2D eigenvalue weighted by molar-refractivity contribution is 0.561. The SMILES string of the molecule is Cc1ccn(C(C)c2ccc(N)cc2)n1. The second kappa shape index (κ2) is 3.77. The zero-order valence-electron chi connectivity index (χ0n) is 9.01. The Bertz CT molecular complexity index is 442. The van der Waals surface area contributed by atoms with Gasteiger partial charge in [-0.25, -0.2) is 0 Å². The van der Waals surface area contributed by atoms with Gasteiger partial charge in [0.1, 0.15) is 0 Å². The molecule has 0 spiro atoms. The van der Waals surface area contributed by atoms with E-state index in [9.17, 15) is 0 Å². The minimum Gasteiger partial charge on any atom is -0.399 e. The highest BCUT2D eigenvalue weighted by Gasteiger charge is 2.07. The quantitative estimate of drug-likeness (QED) is 0.758. The summed E-state index contributed by atoms with van der Waals surface area (Å²) >= 11 is 0. The third kappa shape index (κ3) is 2.01. The van der Waals surface area contributed by atoms with Crippen molar-refractivity contribution in [3.05, 3.63) is 47.8 Å². The van der Waals surface area contributed by atoms with Crippen LogP contribution < -0.4 is 5.73 Å². The van der Waals surface area contributed by atoms with E-state index in [4.69, 9.17) is 5.73 Å². The highest BCUT2D eigenvalue weighted by Crippen LogP contribution is 2.18. The van der Waals surface area contributed by atoms with Crippen LogP contribution in [0.1, 0.15) is 24.2 Å². The van der Waals surface area contributed by atoms with Crippen LogP contribution in [0.25, 0.3) is 0 Å². The van der Waals surface area contributed by atoms with Gasteiger partial charge in [-0.3, -0.25) is 4.68 Å². The number of aryl methyl sites for hydroxylation is 1. The van der Waals surface area contributed by atoms with Gasteiger partial charge in [-0.1, -0.05) is 12.1 Å². The Morgan fingerprint density at radius 2 is 1.87 bits per heavy atom. The van der Waals surface area contributed by atoms with Gasteiger partial charge < -0.3 is 5.73 Å². The predicted octanol–water partition coefficient (Wildman–Crippen LogP) is 2.38. The number of nitrogens with two attached hydrogens (primary N) is 1. The molecule has 1 atom stereocenters. The largest absolute Gasteiger partial charge is 0.399 e. The van der Waals surface area contributed by atoms with Crippen LogP contribution in [-0.4, -0.2) is 9.78 Å². The Hall–Kier alpha value is -1.77. The maximum absolute atomic E-state index is 5.65. The zero-order valence-corrected chi connectivity index (χ0v) is 9.01. The maximum Gasteiger partial charge on any atom is 0.0740 e. The Morgan fingerprint density at radius 1 is 1.20 bits per heavy atom. The number of benzene rings is 1. The molecule has 0 saturated carbocycles. The maximum atomic E-state index is 5.65. The Morgan fingerprint density at radius 3 is 2.40 bits per heavy atom. The standard InChI is InChI=1S/C12H15N3/c1-9-7-8-15(14-9)10(2)11-3-5-12(13)6-4-11/h3-8,10H,13H2,1-2H3. The third-order valence-corrected chi connectivity index (χ3v) is 2.56. The second-order valence-electron chi connectivity index (χ2n) is 3.78. The van der Waals surface area contributed by atoms with Gasteiger partial charge in [-0.15, -0.1) is 0 Å². The van der Waals surface area contributed by atoms with Crippen molar-refractivity contribution in [2.45, 2.75) is 19.9 Å². The predicted molar refractivity (Wildman–Crippen MR) is 61.6 cm³/mol. The van der Waals surface area contributed by atoms with Gasteiger partial charge in [-0.2, -0.15) is 5.10 Å².